The van der Waals surface area contributed by atoms with Crippen molar-refractivity contribution in [1.82, 2.24) is 4.90 Å². The van der Waals surface area contributed by atoms with Crippen molar-refractivity contribution in [2.45, 2.75) is 12.8 Å². The number of nitrogens with zero attached hydrogens (tertiary/aromatic N) is 1. The third-order valence-corrected chi connectivity index (χ3v) is 4.28. The van der Waals surface area contributed by atoms with E-state index in [1.54, 1.807) is 29.2 Å². The number of nitrogens with one attached hydrogen (secondary N) is 1. The summed E-state index contributed by atoms with van der Waals surface area (Å²) in [5.74, 6) is -0.804. The van der Waals surface area contributed by atoms with Gasteiger partial charge in [-0.3, -0.25) is 9.59 Å². The maximum Gasteiger partial charge on any atom is 0.262 e. The lowest BCUT2D eigenvalue weighted by atomic mass is 10.1. The van der Waals surface area contributed by atoms with Crippen LogP contribution in [0, 0.1) is 5.82 Å². The number of anilines is 1. The molecule has 0 spiro atoms. The highest BCUT2D eigenvalue weighted by molar-refractivity contribution is 6.31. The van der Waals surface area contributed by atoms with Crippen molar-refractivity contribution in [3.8, 4) is 5.75 Å². The molecule has 0 aromatic heterocycles. The molecular weight excluding hydrogens is 359 g/mol. The number of ether oxygens (including phenoxy) is 1. The lowest BCUT2D eigenvalue weighted by molar-refractivity contribution is -0.118. The number of hydrogen-bond donors (Lipinski definition) is 1. The Balaban J connectivity index is 1.68. The van der Waals surface area contributed by atoms with Crippen LogP contribution >= 0.6 is 11.6 Å². The maximum absolute atomic E-state index is 13.1. The van der Waals surface area contributed by atoms with Crippen LogP contribution in [0.4, 0.5) is 10.1 Å². The normalized spacial score (nSPS) is 13.5. The average molecular weight is 377 g/mol. The van der Waals surface area contributed by atoms with Crippen LogP contribution in [-0.4, -0.2) is 36.4 Å². The molecule has 0 atom stereocenters. The number of hydrogen-bond acceptors (Lipinski definition) is 3. The van der Waals surface area contributed by atoms with Crippen LogP contribution in [0.5, 0.6) is 5.75 Å². The fourth-order valence-corrected chi connectivity index (χ4v) is 2.96. The molecule has 1 heterocycles. The highest BCUT2D eigenvalue weighted by Crippen LogP contribution is 2.24. The first-order valence-electron chi connectivity index (χ1n) is 8.30. The Bertz CT molecular complexity index is 822. The quantitative estimate of drug-likeness (QED) is 0.865. The van der Waals surface area contributed by atoms with Crippen molar-refractivity contribution in [2.24, 2.45) is 0 Å². The first-order chi connectivity index (χ1) is 12.5. The van der Waals surface area contributed by atoms with E-state index in [0.29, 0.717) is 29.4 Å². The zero-order valence-electron chi connectivity index (χ0n) is 14.0. The van der Waals surface area contributed by atoms with E-state index in [9.17, 15) is 14.0 Å². The molecule has 7 heteroatoms. The summed E-state index contributed by atoms with van der Waals surface area (Å²) in [5, 5.41) is 3.08. The van der Waals surface area contributed by atoms with Crippen LogP contribution in [0.1, 0.15) is 23.2 Å². The Kier molecular flexibility index (Phi) is 5.73. The molecule has 1 aliphatic heterocycles. The average Bonchev–Trinajstić information content (AvgIpc) is 3.16. The Morgan fingerprint density at radius 1 is 1.15 bits per heavy atom. The number of rotatable bonds is 5. The van der Waals surface area contributed by atoms with Gasteiger partial charge in [-0.25, -0.2) is 4.39 Å². The molecule has 2 aromatic rings. The van der Waals surface area contributed by atoms with Gasteiger partial charge in [0.05, 0.1) is 11.3 Å². The standard InChI is InChI=1S/C19H18ClFN2O3/c20-13-6-7-17(16(10-13)19(25)23-8-1-2-9-23)22-18(24)12-26-15-5-3-4-14(21)11-15/h3-7,10-11H,1-2,8-9,12H2,(H,22,24). The van der Waals surface area contributed by atoms with E-state index in [1.165, 1.54) is 18.2 Å². The smallest absolute Gasteiger partial charge is 0.262 e. The van der Waals surface area contributed by atoms with E-state index >= 15 is 0 Å². The number of likely N-dealkylation sites (tertiary alicyclic amines) is 1. The molecule has 0 saturated carbocycles. The monoisotopic (exact) mass is 376 g/mol. The number of halogens is 2. The summed E-state index contributed by atoms with van der Waals surface area (Å²) in [5.41, 5.74) is 0.720. The molecular formula is C19H18ClFN2O3. The third kappa shape index (κ3) is 4.52. The number of carbonyl (C=O) groups excluding carboxylic acids is 2. The predicted octanol–water partition coefficient (Wildman–Crippen LogP) is 3.73. The molecule has 1 saturated heterocycles. The molecule has 1 aliphatic rings. The third-order valence-electron chi connectivity index (χ3n) is 4.05. The van der Waals surface area contributed by atoms with Crippen molar-refractivity contribution in [3.63, 3.8) is 0 Å². The number of amides is 2. The van der Waals surface area contributed by atoms with Crippen LogP contribution in [-0.2, 0) is 4.79 Å². The molecule has 2 amide bonds. The molecule has 26 heavy (non-hydrogen) atoms. The van der Waals surface area contributed by atoms with Gasteiger partial charge in [0.25, 0.3) is 11.8 Å². The van der Waals surface area contributed by atoms with E-state index in [2.05, 4.69) is 5.32 Å². The van der Waals surface area contributed by atoms with Crippen LogP contribution in [0.25, 0.3) is 0 Å². The van der Waals surface area contributed by atoms with Crippen LogP contribution in [0.2, 0.25) is 5.02 Å². The first-order valence-corrected chi connectivity index (χ1v) is 8.68. The van der Waals surface area contributed by atoms with Crippen molar-refractivity contribution >= 4 is 29.1 Å². The summed E-state index contributed by atoms with van der Waals surface area (Å²) in [6.07, 6.45) is 1.94. The van der Waals surface area contributed by atoms with Crippen molar-refractivity contribution in [3.05, 3.63) is 58.9 Å². The lowest BCUT2D eigenvalue weighted by Crippen LogP contribution is -2.29. The Labute approximate surface area is 155 Å². The molecule has 0 radical (unpaired) electrons. The zero-order valence-corrected chi connectivity index (χ0v) is 14.8. The van der Waals surface area contributed by atoms with Crippen LogP contribution in [0.3, 0.4) is 0 Å². The zero-order chi connectivity index (χ0) is 18.5. The summed E-state index contributed by atoms with van der Waals surface area (Å²) in [4.78, 5) is 26.6. The number of benzene rings is 2. The topological polar surface area (TPSA) is 58.6 Å². The molecule has 136 valence electrons. The van der Waals surface area contributed by atoms with Gasteiger partial charge < -0.3 is 15.0 Å². The van der Waals surface area contributed by atoms with Gasteiger partial charge in [0.15, 0.2) is 6.61 Å². The van der Waals surface area contributed by atoms with Crippen molar-refractivity contribution < 1.29 is 18.7 Å². The fraction of sp³-hybridized carbons (Fsp3) is 0.263. The van der Waals surface area contributed by atoms with Crippen molar-refractivity contribution in [1.29, 1.82) is 0 Å². The lowest BCUT2D eigenvalue weighted by Gasteiger charge is -2.18. The molecule has 2 aromatic carbocycles. The van der Waals surface area contributed by atoms with E-state index in [4.69, 9.17) is 16.3 Å². The van der Waals surface area contributed by atoms with Crippen LogP contribution in [0.15, 0.2) is 42.5 Å². The predicted molar refractivity (Wildman–Crippen MR) is 97.1 cm³/mol. The fourth-order valence-electron chi connectivity index (χ4n) is 2.78. The van der Waals surface area contributed by atoms with Gasteiger partial charge in [-0.2, -0.15) is 0 Å². The van der Waals surface area contributed by atoms with E-state index in [-0.39, 0.29) is 18.3 Å². The van der Waals surface area contributed by atoms with Gasteiger partial charge in [0, 0.05) is 24.2 Å². The number of carbonyl (C=O) groups is 2. The largest absolute Gasteiger partial charge is 0.484 e. The van der Waals surface area contributed by atoms with E-state index in [0.717, 1.165) is 12.8 Å². The van der Waals surface area contributed by atoms with Gasteiger partial charge in [-0.1, -0.05) is 17.7 Å². The van der Waals surface area contributed by atoms with Gasteiger partial charge >= 0.3 is 0 Å². The molecule has 0 aliphatic carbocycles. The summed E-state index contributed by atoms with van der Waals surface area (Å²) >= 11 is 6.02. The second-order valence-corrected chi connectivity index (χ2v) is 6.42. The van der Waals surface area contributed by atoms with Gasteiger partial charge in [-0.15, -0.1) is 0 Å². The highest BCUT2D eigenvalue weighted by atomic mass is 35.5. The summed E-state index contributed by atoms with van der Waals surface area (Å²) in [7, 11) is 0. The molecule has 0 unspecified atom stereocenters. The highest BCUT2D eigenvalue weighted by Gasteiger charge is 2.23. The van der Waals surface area contributed by atoms with Gasteiger partial charge in [-0.05, 0) is 43.2 Å². The SMILES string of the molecule is O=C(COc1cccc(F)c1)Nc1ccc(Cl)cc1C(=O)N1CCCC1. The van der Waals surface area contributed by atoms with Crippen LogP contribution < -0.4 is 10.1 Å². The second-order valence-electron chi connectivity index (χ2n) is 5.98. The molecule has 3 rings (SSSR count). The second kappa shape index (κ2) is 8.19. The van der Waals surface area contributed by atoms with Gasteiger partial charge in [0.2, 0.25) is 0 Å². The summed E-state index contributed by atoms with van der Waals surface area (Å²) in [6.45, 7) is 1.09. The van der Waals surface area contributed by atoms with E-state index < -0.39 is 11.7 Å². The minimum absolute atomic E-state index is 0.161. The van der Waals surface area contributed by atoms with E-state index in [1.807, 2.05) is 0 Å². The molecule has 1 fully saturated rings. The molecule has 0 bridgehead atoms. The Hall–Kier alpha value is -2.60. The molecule has 1 N–H and O–H groups in total. The summed E-state index contributed by atoms with van der Waals surface area (Å²) < 4.78 is 18.4. The molecule has 5 nitrogen and oxygen atoms in total. The first kappa shape index (κ1) is 18.2. The van der Waals surface area contributed by atoms with Crippen molar-refractivity contribution in [2.75, 3.05) is 25.0 Å². The Morgan fingerprint density at radius 2 is 1.92 bits per heavy atom. The maximum atomic E-state index is 13.1. The Morgan fingerprint density at radius 3 is 2.65 bits per heavy atom. The van der Waals surface area contributed by atoms with Gasteiger partial charge in [0.1, 0.15) is 11.6 Å². The summed E-state index contributed by atoms with van der Waals surface area (Å²) in [6, 6.07) is 10.3. The minimum Gasteiger partial charge on any atom is -0.484 e. The minimum atomic E-state index is -0.452.